The van der Waals surface area contributed by atoms with Crippen LogP contribution in [-0.2, 0) is 13.6 Å². The van der Waals surface area contributed by atoms with E-state index in [-0.39, 0.29) is 37.2 Å². The van der Waals surface area contributed by atoms with Gasteiger partial charge in [0.15, 0.2) is 0 Å². The molecule has 2 heterocycles. The summed E-state index contributed by atoms with van der Waals surface area (Å²) in [5.74, 6) is 1.41. The van der Waals surface area contributed by atoms with Gasteiger partial charge in [0.05, 0.1) is 42.9 Å². The number of alkyl halides is 3. The van der Waals surface area contributed by atoms with E-state index in [1.165, 1.54) is 35.8 Å². The van der Waals surface area contributed by atoms with Crippen LogP contribution in [0.2, 0.25) is 0 Å². The van der Waals surface area contributed by atoms with E-state index in [9.17, 15) is 18.1 Å². The number of nitrogens with zero attached hydrogens (tertiary/aromatic N) is 4. The van der Waals surface area contributed by atoms with Gasteiger partial charge >= 0.3 is 6.18 Å². The fourth-order valence-corrected chi connectivity index (χ4v) is 15.8. The topological polar surface area (TPSA) is 102 Å². The zero-order valence-corrected chi connectivity index (χ0v) is 35.9. The van der Waals surface area contributed by atoms with Gasteiger partial charge < -0.3 is 18.5 Å². The number of nitriles is 2. The van der Waals surface area contributed by atoms with Gasteiger partial charge in [-0.3, -0.25) is 0 Å². The van der Waals surface area contributed by atoms with Gasteiger partial charge in [0.25, 0.3) is 17.1 Å². The molecule has 0 aromatic rings. The number of hydrogen-bond acceptors (Lipinski definition) is 12. The second-order valence-corrected chi connectivity index (χ2v) is 21.3. The van der Waals surface area contributed by atoms with Crippen LogP contribution in [0.15, 0.2) is 0 Å². The molecule has 2 saturated carbocycles. The van der Waals surface area contributed by atoms with E-state index in [1.807, 2.05) is 90.7 Å². The van der Waals surface area contributed by atoms with E-state index in [1.54, 1.807) is 0 Å². The Hall–Kier alpha value is 0.790. The molecule has 4 rings (SSSR count). The fraction of sp³-hybridized carbons (Fsp3) is 0.938. The number of rotatable bonds is 14. The molecular formula is C32H59F3N4O4P2S4. The van der Waals surface area contributed by atoms with Crippen LogP contribution in [0.25, 0.3) is 0 Å². The van der Waals surface area contributed by atoms with Gasteiger partial charge in [-0.15, -0.1) is 0 Å². The number of hydrogen-bond donors (Lipinski definition) is 1. The Kier molecular flexibility index (Phi) is 23.0. The fourth-order valence-electron chi connectivity index (χ4n) is 5.32. The Morgan fingerprint density at radius 2 is 1.33 bits per heavy atom. The lowest BCUT2D eigenvalue weighted by Gasteiger charge is -2.45. The van der Waals surface area contributed by atoms with Crippen molar-refractivity contribution in [2.75, 3.05) is 19.0 Å². The van der Waals surface area contributed by atoms with Crippen molar-refractivity contribution in [3.63, 3.8) is 0 Å². The van der Waals surface area contributed by atoms with Gasteiger partial charge in [0.2, 0.25) is 0 Å². The van der Waals surface area contributed by atoms with Gasteiger partial charge in [-0.25, -0.2) is 9.34 Å². The highest BCUT2D eigenvalue weighted by atomic mass is 33.1. The van der Waals surface area contributed by atoms with Crippen molar-refractivity contribution in [3.05, 3.63) is 0 Å². The summed E-state index contributed by atoms with van der Waals surface area (Å²) >= 11 is 0. The molecule has 4 fully saturated rings. The first-order valence-electron chi connectivity index (χ1n) is 17.3. The van der Waals surface area contributed by atoms with Crippen molar-refractivity contribution in [3.8, 4) is 12.1 Å². The van der Waals surface area contributed by atoms with Crippen LogP contribution in [-0.4, -0.2) is 84.4 Å². The molecule has 2 spiro atoms. The summed E-state index contributed by atoms with van der Waals surface area (Å²) in [5, 5.41) is 15.5. The highest BCUT2D eigenvalue weighted by Gasteiger charge is 2.63. The van der Waals surface area contributed by atoms with Gasteiger partial charge in [-0.2, -0.15) is 23.7 Å². The zero-order chi connectivity index (χ0) is 37.4. The molecule has 286 valence electrons. The Bertz CT molecular complexity index is 992. The van der Waals surface area contributed by atoms with Crippen LogP contribution in [0, 0.1) is 22.7 Å². The standard InChI is InChI=1S/C16H26F3N2O2PS2.C9H19N2O2P.C5H8S2.C2H6/c1-11(2)21(12(3)4)24(22-10-6-9-20)23-13-14(16(17,18)19)25-26-15(13)7-5-8-15;1-8(2)11(9(3)4)14(12)13-7-5-6-10;1-2-5(1)3-4-6-7-5;1-2/h11-14H,5-8,10H2,1-4H3;8-9,12H,5,7H2,1-4H3;1-4H2;1-2H3. The van der Waals surface area contributed by atoms with Crippen LogP contribution in [0.4, 0.5) is 13.2 Å². The van der Waals surface area contributed by atoms with Crippen LogP contribution >= 0.6 is 60.2 Å². The summed E-state index contributed by atoms with van der Waals surface area (Å²) in [6.45, 7) is 20.4. The maximum absolute atomic E-state index is 13.6. The molecule has 17 heteroatoms. The minimum Gasteiger partial charge on any atom is -0.338 e. The third-order valence-corrected chi connectivity index (χ3v) is 18.8. The molecule has 0 aromatic heterocycles. The van der Waals surface area contributed by atoms with E-state index in [0.29, 0.717) is 13.0 Å². The van der Waals surface area contributed by atoms with Crippen molar-refractivity contribution in [2.45, 2.75) is 172 Å². The molecule has 4 atom stereocenters. The average molecular weight is 811 g/mol. The van der Waals surface area contributed by atoms with E-state index < -0.39 is 39.3 Å². The normalized spacial score (nSPS) is 23.0. The van der Waals surface area contributed by atoms with Crippen LogP contribution in [0.5, 0.6) is 0 Å². The smallest absolute Gasteiger partial charge is 0.338 e. The molecule has 49 heavy (non-hydrogen) atoms. The monoisotopic (exact) mass is 810 g/mol. The van der Waals surface area contributed by atoms with Crippen molar-refractivity contribution < 1.29 is 31.6 Å². The van der Waals surface area contributed by atoms with Crippen molar-refractivity contribution in [2.24, 2.45) is 0 Å². The third kappa shape index (κ3) is 15.6. The quantitative estimate of drug-likeness (QED) is 0.103. The van der Waals surface area contributed by atoms with E-state index in [2.05, 4.69) is 21.6 Å². The lowest BCUT2D eigenvalue weighted by molar-refractivity contribution is -0.149. The summed E-state index contributed by atoms with van der Waals surface area (Å²) < 4.78 is 62.1. The molecule has 2 aliphatic carbocycles. The van der Waals surface area contributed by atoms with Crippen LogP contribution in [0.3, 0.4) is 0 Å². The highest BCUT2D eigenvalue weighted by molar-refractivity contribution is 8.78. The molecule has 2 aliphatic heterocycles. The number of halogens is 3. The molecule has 1 N–H and O–H groups in total. The van der Waals surface area contributed by atoms with E-state index >= 15 is 0 Å². The molecule has 0 aromatic carbocycles. The maximum Gasteiger partial charge on any atom is 0.403 e. The molecular weight excluding hydrogens is 752 g/mol. The zero-order valence-electron chi connectivity index (χ0n) is 30.9. The minimum atomic E-state index is -4.31. The second kappa shape index (κ2) is 23.5. The Morgan fingerprint density at radius 3 is 1.67 bits per heavy atom. The Balaban J connectivity index is 0.000000430. The van der Waals surface area contributed by atoms with Crippen molar-refractivity contribution in [1.29, 1.82) is 10.5 Å². The largest absolute Gasteiger partial charge is 0.403 e. The van der Waals surface area contributed by atoms with Crippen LogP contribution < -0.4 is 0 Å². The van der Waals surface area contributed by atoms with Crippen molar-refractivity contribution >= 4 is 60.2 Å². The van der Waals surface area contributed by atoms with Gasteiger partial charge in [0.1, 0.15) is 11.4 Å². The Morgan fingerprint density at radius 1 is 0.816 bits per heavy atom. The summed E-state index contributed by atoms with van der Waals surface area (Å²) in [6.07, 6.45) is 2.20. The first kappa shape index (κ1) is 47.8. The van der Waals surface area contributed by atoms with Gasteiger partial charge in [0, 0.05) is 34.7 Å². The maximum atomic E-state index is 13.6. The van der Waals surface area contributed by atoms with Crippen LogP contribution in [0.1, 0.15) is 121 Å². The third-order valence-electron chi connectivity index (χ3n) is 7.86. The minimum absolute atomic E-state index is 0.0617. The molecule has 4 aliphatic rings. The first-order chi connectivity index (χ1) is 23.0. The average Bonchev–Trinajstić information content (AvgIpc) is 3.39. The SMILES string of the molecule is C1CC2(CC2)SS1.CC.CC(C)N(C(C)C)P(O)OCCC#N.CC(C)N(C(C)C)P(OCCC#N)OC1C(C(F)(F)F)SSC12CCC2. The summed E-state index contributed by atoms with van der Waals surface area (Å²) in [4.78, 5) is 9.74. The second-order valence-electron chi connectivity index (χ2n) is 13.0. The molecule has 2 saturated heterocycles. The highest BCUT2D eigenvalue weighted by Crippen LogP contribution is 2.67. The van der Waals surface area contributed by atoms with E-state index in [4.69, 9.17) is 24.1 Å². The van der Waals surface area contributed by atoms with Crippen molar-refractivity contribution in [1.82, 2.24) is 9.34 Å². The lowest BCUT2D eigenvalue weighted by atomic mass is 9.78. The summed E-state index contributed by atoms with van der Waals surface area (Å²) in [5.41, 5.74) is 0. The molecule has 0 radical (unpaired) electrons. The summed E-state index contributed by atoms with van der Waals surface area (Å²) in [7, 11) is 3.18. The summed E-state index contributed by atoms with van der Waals surface area (Å²) in [6, 6.07) is 4.60. The molecule has 8 nitrogen and oxygen atoms in total. The predicted octanol–water partition coefficient (Wildman–Crippen LogP) is 11.5. The lowest BCUT2D eigenvalue weighted by Crippen LogP contribution is -2.51. The van der Waals surface area contributed by atoms with Gasteiger partial charge in [-0.1, -0.05) is 63.4 Å². The first-order valence-corrected chi connectivity index (χ1v) is 24.1. The van der Waals surface area contributed by atoms with E-state index in [0.717, 1.165) is 34.8 Å². The molecule has 0 bridgehead atoms. The van der Waals surface area contributed by atoms with Gasteiger partial charge in [-0.05, 0) is 87.5 Å². The predicted molar refractivity (Wildman–Crippen MR) is 207 cm³/mol. The molecule has 0 amide bonds. The Labute approximate surface area is 313 Å². The molecule has 4 unspecified atom stereocenters.